The summed E-state index contributed by atoms with van der Waals surface area (Å²) < 4.78 is 11.8. The van der Waals surface area contributed by atoms with Crippen molar-refractivity contribution < 1.29 is 9.47 Å². The Morgan fingerprint density at radius 1 is 1.33 bits per heavy atom. The Labute approximate surface area is 122 Å². The van der Waals surface area contributed by atoms with Crippen molar-refractivity contribution in [2.24, 2.45) is 5.10 Å². The number of aromatic nitrogens is 3. The molecule has 0 spiro atoms. The van der Waals surface area contributed by atoms with Crippen molar-refractivity contribution in [1.82, 2.24) is 14.9 Å². The summed E-state index contributed by atoms with van der Waals surface area (Å²) in [6.07, 6.45) is 2.31. The zero-order valence-electron chi connectivity index (χ0n) is 12.2. The summed E-state index contributed by atoms with van der Waals surface area (Å²) in [4.78, 5) is 0. The third-order valence-electron chi connectivity index (χ3n) is 2.89. The minimum Gasteiger partial charge on any atom is -0.497 e. The quantitative estimate of drug-likeness (QED) is 0.468. The molecule has 1 heterocycles. The molecule has 8 nitrogen and oxygen atoms in total. The maximum absolute atomic E-state index is 5.80. The van der Waals surface area contributed by atoms with Crippen LogP contribution in [0, 0.1) is 0 Å². The van der Waals surface area contributed by atoms with Crippen molar-refractivity contribution in [3.8, 4) is 11.5 Å². The highest BCUT2D eigenvalue weighted by Gasteiger charge is 2.06. The molecule has 0 unspecified atom stereocenters. The van der Waals surface area contributed by atoms with Crippen molar-refractivity contribution in [1.29, 1.82) is 0 Å². The van der Waals surface area contributed by atoms with E-state index in [0.29, 0.717) is 29.7 Å². The van der Waals surface area contributed by atoms with Crippen LogP contribution < -0.4 is 20.7 Å². The second kappa shape index (κ2) is 6.60. The molecule has 0 aliphatic heterocycles. The highest BCUT2D eigenvalue weighted by molar-refractivity contribution is 5.84. The smallest absolute Gasteiger partial charge is 0.263 e. The van der Waals surface area contributed by atoms with Crippen molar-refractivity contribution in [2.75, 3.05) is 25.5 Å². The van der Waals surface area contributed by atoms with E-state index in [9.17, 15) is 0 Å². The van der Waals surface area contributed by atoms with Crippen LogP contribution in [-0.4, -0.2) is 35.3 Å². The number of hydrogen-bond donors (Lipinski definition) is 2. The first-order chi connectivity index (χ1) is 10.2. The van der Waals surface area contributed by atoms with Crippen LogP contribution in [0.25, 0.3) is 0 Å². The molecule has 0 radical (unpaired) electrons. The van der Waals surface area contributed by atoms with E-state index in [0.717, 1.165) is 5.56 Å². The van der Waals surface area contributed by atoms with Crippen LogP contribution in [0.5, 0.6) is 11.5 Å². The molecule has 21 heavy (non-hydrogen) atoms. The van der Waals surface area contributed by atoms with Gasteiger partial charge in [0.05, 0.1) is 20.4 Å². The van der Waals surface area contributed by atoms with Crippen LogP contribution in [-0.2, 0) is 6.42 Å². The van der Waals surface area contributed by atoms with E-state index >= 15 is 0 Å². The molecule has 0 aliphatic carbocycles. The topological polar surface area (TPSA) is 99.6 Å². The first kappa shape index (κ1) is 14.6. The molecule has 2 rings (SSSR count). The number of nitrogens with two attached hydrogens (primary N) is 1. The molecule has 1 aromatic heterocycles. The minimum atomic E-state index is 0.371. The number of ether oxygens (including phenoxy) is 2. The number of rotatable bonds is 6. The van der Waals surface area contributed by atoms with E-state index in [4.69, 9.17) is 15.3 Å². The number of hydrazone groups is 1. The van der Waals surface area contributed by atoms with Crippen molar-refractivity contribution in [2.45, 2.75) is 13.3 Å². The fraction of sp³-hybridized carbons (Fsp3) is 0.308. The van der Waals surface area contributed by atoms with Crippen LogP contribution in [0.1, 0.15) is 18.3 Å². The Kier molecular flexibility index (Phi) is 4.60. The van der Waals surface area contributed by atoms with E-state index in [-0.39, 0.29) is 0 Å². The molecule has 1 aromatic carbocycles. The normalized spacial score (nSPS) is 10.8. The van der Waals surface area contributed by atoms with Crippen molar-refractivity contribution >= 4 is 12.2 Å². The second-order valence-electron chi connectivity index (χ2n) is 4.14. The van der Waals surface area contributed by atoms with Crippen LogP contribution >= 0.6 is 0 Å². The molecule has 2 aromatic rings. The molecular weight excluding hydrogens is 272 g/mol. The van der Waals surface area contributed by atoms with E-state index in [1.807, 2.05) is 19.1 Å². The number of nitrogen functional groups attached to an aromatic ring is 1. The number of nitrogens with zero attached hydrogens (tertiary/aromatic N) is 4. The molecule has 0 fully saturated rings. The van der Waals surface area contributed by atoms with E-state index in [1.165, 1.54) is 4.68 Å². The Morgan fingerprint density at radius 2 is 2.14 bits per heavy atom. The number of methoxy groups -OCH3 is 2. The molecule has 0 amide bonds. The highest BCUT2D eigenvalue weighted by atomic mass is 16.5. The van der Waals surface area contributed by atoms with Gasteiger partial charge in [-0.05, 0) is 12.1 Å². The zero-order valence-corrected chi connectivity index (χ0v) is 12.2. The zero-order chi connectivity index (χ0) is 15.2. The fourth-order valence-electron chi connectivity index (χ4n) is 1.73. The SMILES string of the molecule is CCc1nnc(NN=Cc2ccc(OC)cc2OC)n1N. The lowest BCUT2D eigenvalue weighted by atomic mass is 10.2. The highest BCUT2D eigenvalue weighted by Crippen LogP contribution is 2.23. The number of nitrogens with one attached hydrogen (secondary N) is 1. The monoisotopic (exact) mass is 290 g/mol. The summed E-state index contributed by atoms with van der Waals surface area (Å²) in [6, 6.07) is 5.44. The summed E-state index contributed by atoms with van der Waals surface area (Å²) in [5.41, 5.74) is 3.54. The standard InChI is InChI=1S/C13H18N6O2/c1-4-12-16-18-13(19(12)14)17-15-8-9-5-6-10(20-2)7-11(9)21-3/h5-8H,4,14H2,1-3H3,(H,17,18). The van der Waals surface area contributed by atoms with Gasteiger partial charge in [0.1, 0.15) is 11.5 Å². The molecule has 0 atom stereocenters. The van der Waals surface area contributed by atoms with Crippen molar-refractivity contribution in [3.05, 3.63) is 29.6 Å². The van der Waals surface area contributed by atoms with Crippen LogP contribution in [0.15, 0.2) is 23.3 Å². The first-order valence-electron chi connectivity index (χ1n) is 6.40. The van der Waals surface area contributed by atoms with Gasteiger partial charge in [0.25, 0.3) is 5.95 Å². The Balaban J connectivity index is 2.12. The lowest BCUT2D eigenvalue weighted by Gasteiger charge is -2.07. The summed E-state index contributed by atoms with van der Waals surface area (Å²) in [7, 11) is 3.19. The van der Waals surface area contributed by atoms with Gasteiger partial charge >= 0.3 is 0 Å². The molecule has 0 saturated heterocycles. The third kappa shape index (κ3) is 3.22. The largest absolute Gasteiger partial charge is 0.497 e. The lowest BCUT2D eigenvalue weighted by Crippen LogP contribution is -2.14. The fourth-order valence-corrected chi connectivity index (χ4v) is 1.73. The van der Waals surface area contributed by atoms with Gasteiger partial charge in [0.15, 0.2) is 5.82 Å². The first-order valence-corrected chi connectivity index (χ1v) is 6.40. The van der Waals surface area contributed by atoms with Crippen LogP contribution in [0.4, 0.5) is 5.95 Å². The molecule has 3 N–H and O–H groups in total. The number of benzene rings is 1. The summed E-state index contributed by atoms with van der Waals surface area (Å²) in [5.74, 6) is 8.22. The van der Waals surface area contributed by atoms with Gasteiger partial charge in [-0.15, -0.1) is 10.2 Å². The lowest BCUT2D eigenvalue weighted by molar-refractivity contribution is 0.394. The average Bonchev–Trinajstić information content (AvgIpc) is 2.88. The van der Waals surface area contributed by atoms with Gasteiger partial charge in [0.2, 0.25) is 0 Å². The van der Waals surface area contributed by atoms with E-state index < -0.39 is 0 Å². The van der Waals surface area contributed by atoms with E-state index in [1.54, 1.807) is 26.5 Å². The average molecular weight is 290 g/mol. The Bertz CT molecular complexity index is 638. The molecule has 0 saturated carbocycles. The number of anilines is 1. The van der Waals surface area contributed by atoms with Crippen LogP contribution in [0.2, 0.25) is 0 Å². The number of hydrogen-bond acceptors (Lipinski definition) is 7. The van der Waals surface area contributed by atoms with Crippen molar-refractivity contribution in [3.63, 3.8) is 0 Å². The van der Waals surface area contributed by atoms with Crippen LogP contribution in [0.3, 0.4) is 0 Å². The molecule has 0 aliphatic rings. The van der Waals surface area contributed by atoms with Gasteiger partial charge in [-0.3, -0.25) is 0 Å². The maximum atomic E-state index is 5.80. The summed E-state index contributed by atoms with van der Waals surface area (Å²) in [6.45, 7) is 1.95. The molecule has 8 heteroatoms. The maximum Gasteiger partial charge on any atom is 0.263 e. The molecule has 0 bridgehead atoms. The Morgan fingerprint density at radius 3 is 2.76 bits per heavy atom. The predicted octanol–water partition coefficient (Wildman–Crippen LogP) is 1.02. The van der Waals surface area contributed by atoms with Gasteiger partial charge in [-0.1, -0.05) is 6.92 Å². The molecular formula is C13H18N6O2. The Hall–Kier alpha value is -2.77. The number of aryl methyl sites for hydroxylation is 1. The molecule has 112 valence electrons. The van der Waals surface area contributed by atoms with E-state index in [2.05, 4.69) is 20.7 Å². The minimum absolute atomic E-state index is 0.371. The van der Waals surface area contributed by atoms with Gasteiger partial charge in [-0.2, -0.15) is 5.10 Å². The predicted molar refractivity (Wildman–Crippen MR) is 80.3 cm³/mol. The van der Waals surface area contributed by atoms with Gasteiger partial charge in [-0.25, -0.2) is 10.1 Å². The summed E-state index contributed by atoms with van der Waals surface area (Å²) in [5, 5.41) is 11.9. The summed E-state index contributed by atoms with van der Waals surface area (Å²) >= 11 is 0. The third-order valence-corrected chi connectivity index (χ3v) is 2.89. The van der Waals surface area contributed by atoms with Gasteiger partial charge in [0, 0.05) is 18.1 Å². The second-order valence-corrected chi connectivity index (χ2v) is 4.14. The van der Waals surface area contributed by atoms with Gasteiger partial charge < -0.3 is 15.3 Å².